The number of carbonyl (C=O) groups is 1. The van der Waals surface area contributed by atoms with E-state index >= 15 is 0 Å². The van der Waals surface area contributed by atoms with Gasteiger partial charge in [0.1, 0.15) is 11.9 Å². The third-order valence-electron chi connectivity index (χ3n) is 3.22. The van der Waals surface area contributed by atoms with Crippen molar-refractivity contribution in [3.8, 4) is 5.75 Å². The average molecular weight is 273 g/mol. The second-order valence-corrected chi connectivity index (χ2v) is 5.76. The minimum Gasteiger partial charge on any atom is -0.490 e. The van der Waals surface area contributed by atoms with Crippen LogP contribution in [-0.4, -0.2) is 12.0 Å². The van der Waals surface area contributed by atoms with Crippen molar-refractivity contribution in [2.75, 3.05) is 5.32 Å². The molecule has 1 N–H and O–H groups in total. The van der Waals surface area contributed by atoms with E-state index in [1.165, 1.54) is 11.3 Å². The van der Waals surface area contributed by atoms with Gasteiger partial charge in [-0.25, -0.2) is 0 Å². The van der Waals surface area contributed by atoms with E-state index in [-0.39, 0.29) is 12.0 Å². The minimum atomic E-state index is -0.0422. The molecular formula is C15H15NO2S. The van der Waals surface area contributed by atoms with E-state index in [1.807, 2.05) is 43.5 Å². The van der Waals surface area contributed by atoms with Crippen LogP contribution in [0.25, 0.3) is 0 Å². The molecule has 1 amide bonds. The number of carbonyl (C=O) groups excluding carboxylic acids is 1. The molecule has 0 bridgehead atoms. The molecule has 2 aromatic rings. The highest BCUT2D eigenvalue weighted by Crippen LogP contribution is 2.31. The van der Waals surface area contributed by atoms with Crippen LogP contribution in [0.4, 0.5) is 5.69 Å². The summed E-state index contributed by atoms with van der Waals surface area (Å²) in [6.07, 6.45) is 1.12. The summed E-state index contributed by atoms with van der Waals surface area (Å²) < 4.78 is 5.65. The van der Waals surface area contributed by atoms with E-state index in [2.05, 4.69) is 5.32 Å². The Morgan fingerprint density at radius 1 is 1.42 bits per heavy atom. The Kier molecular flexibility index (Phi) is 3.03. The molecule has 1 aromatic heterocycles. The number of nitrogens with one attached hydrogen (secondary N) is 1. The SMILES string of the molecule is Cc1ccsc1C(=O)Nc1ccc2c(c1)CC(C)O2. The Hall–Kier alpha value is -1.81. The maximum atomic E-state index is 12.1. The third kappa shape index (κ3) is 2.36. The van der Waals surface area contributed by atoms with Gasteiger partial charge in [0.2, 0.25) is 0 Å². The van der Waals surface area contributed by atoms with E-state index < -0.39 is 0 Å². The summed E-state index contributed by atoms with van der Waals surface area (Å²) in [4.78, 5) is 12.9. The first-order valence-electron chi connectivity index (χ1n) is 6.28. The van der Waals surface area contributed by atoms with Gasteiger partial charge in [0, 0.05) is 12.1 Å². The van der Waals surface area contributed by atoms with Gasteiger partial charge in [0.25, 0.3) is 5.91 Å². The van der Waals surface area contributed by atoms with Gasteiger partial charge < -0.3 is 10.1 Å². The van der Waals surface area contributed by atoms with Crippen molar-refractivity contribution in [1.82, 2.24) is 0 Å². The number of ether oxygens (including phenoxy) is 1. The number of thiophene rings is 1. The van der Waals surface area contributed by atoms with Gasteiger partial charge in [-0.15, -0.1) is 11.3 Å². The van der Waals surface area contributed by atoms with E-state index in [0.717, 1.165) is 33.9 Å². The summed E-state index contributed by atoms with van der Waals surface area (Å²) in [5.74, 6) is 0.886. The molecular weight excluding hydrogens is 258 g/mol. The fourth-order valence-corrected chi connectivity index (χ4v) is 3.11. The Morgan fingerprint density at radius 2 is 2.26 bits per heavy atom. The second-order valence-electron chi connectivity index (χ2n) is 4.84. The van der Waals surface area contributed by atoms with Crippen LogP contribution in [0, 0.1) is 6.92 Å². The number of hydrogen-bond acceptors (Lipinski definition) is 3. The average Bonchev–Trinajstić information content (AvgIpc) is 2.93. The fraction of sp³-hybridized carbons (Fsp3) is 0.267. The highest BCUT2D eigenvalue weighted by Gasteiger charge is 2.19. The number of rotatable bonds is 2. The van der Waals surface area contributed by atoms with Crippen LogP contribution in [0.2, 0.25) is 0 Å². The number of amides is 1. The maximum absolute atomic E-state index is 12.1. The molecule has 0 radical (unpaired) electrons. The first kappa shape index (κ1) is 12.2. The van der Waals surface area contributed by atoms with Crippen molar-refractivity contribution in [1.29, 1.82) is 0 Å². The van der Waals surface area contributed by atoms with Gasteiger partial charge >= 0.3 is 0 Å². The van der Waals surface area contributed by atoms with Gasteiger partial charge in [-0.1, -0.05) is 0 Å². The second kappa shape index (κ2) is 4.70. The van der Waals surface area contributed by atoms with Crippen LogP contribution >= 0.6 is 11.3 Å². The Balaban J connectivity index is 1.80. The smallest absolute Gasteiger partial charge is 0.265 e. The Bertz CT molecular complexity index is 633. The van der Waals surface area contributed by atoms with Crippen LogP contribution in [0.3, 0.4) is 0 Å². The lowest BCUT2D eigenvalue weighted by atomic mass is 10.1. The highest BCUT2D eigenvalue weighted by atomic mass is 32.1. The lowest BCUT2D eigenvalue weighted by Crippen LogP contribution is -2.11. The zero-order valence-electron chi connectivity index (χ0n) is 10.9. The van der Waals surface area contributed by atoms with E-state index in [9.17, 15) is 4.79 Å². The molecule has 0 spiro atoms. The van der Waals surface area contributed by atoms with Gasteiger partial charge in [-0.3, -0.25) is 4.79 Å². The van der Waals surface area contributed by atoms with Crippen molar-refractivity contribution in [2.24, 2.45) is 0 Å². The normalized spacial score (nSPS) is 16.8. The zero-order valence-corrected chi connectivity index (χ0v) is 11.7. The largest absolute Gasteiger partial charge is 0.490 e. The molecule has 4 heteroatoms. The van der Waals surface area contributed by atoms with Gasteiger partial charge in [-0.05, 0) is 54.6 Å². The van der Waals surface area contributed by atoms with E-state index in [0.29, 0.717) is 0 Å². The molecule has 98 valence electrons. The van der Waals surface area contributed by atoms with Crippen LogP contribution in [0.1, 0.15) is 27.7 Å². The summed E-state index contributed by atoms with van der Waals surface area (Å²) in [5, 5.41) is 4.88. The standard InChI is InChI=1S/C15H15NO2S/c1-9-5-6-19-14(9)15(17)16-12-3-4-13-11(8-12)7-10(2)18-13/h3-6,8,10H,7H2,1-2H3,(H,16,17). The molecule has 0 saturated carbocycles. The summed E-state index contributed by atoms with van der Waals surface area (Å²) in [5.41, 5.74) is 3.00. The van der Waals surface area contributed by atoms with Crippen molar-refractivity contribution in [3.63, 3.8) is 0 Å². The van der Waals surface area contributed by atoms with Crippen LogP contribution in [-0.2, 0) is 6.42 Å². The molecule has 0 aliphatic carbocycles. The van der Waals surface area contributed by atoms with Crippen molar-refractivity contribution >= 4 is 22.9 Å². The number of anilines is 1. The predicted octanol–water partition coefficient (Wildman–Crippen LogP) is 3.63. The first-order valence-corrected chi connectivity index (χ1v) is 7.16. The molecule has 0 saturated heterocycles. The molecule has 1 aliphatic heterocycles. The maximum Gasteiger partial charge on any atom is 0.265 e. The number of benzene rings is 1. The molecule has 1 unspecified atom stereocenters. The third-order valence-corrected chi connectivity index (χ3v) is 4.24. The predicted molar refractivity (Wildman–Crippen MR) is 77.2 cm³/mol. The molecule has 0 fully saturated rings. The monoisotopic (exact) mass is 273 g/mol. The first-order chi connectivity index (χ1) is 9.13. The summed E-state index contributed by atoms with van der Waals surface area (Å²) in [7, 11) is 0. The highest BCUT2D eigenvalue weighted by molar-refractivity contribution is 7.12. The Labute approximate surface area is 116 Å². The van der Waals surface area contributed by atoms with Crippen LogP contribution in [0.5, 0.6) is 5.75 Å². The summed E-state index contributed by atoms with van der Waals surface area (Å²) >= 11 is 1.47. The van der Waals surface area contributed by atoms with E-state index in [1.54, 1.807) is 0 Å². The minimum absolute atomic E-state index is 0.0422. The zero-order chi connectivity index (χ0) is 13.4. The summed E-state index contributed by atoms with van der Waals surface area (Å²) in [6, 6.07) is 7.77. The molecule has 3 nitrogen and oxygen atoms in total. The molecule has 2 heterocycles. The summed E-state index contributed by atoms with van der Waals surface area (Å²) in [6.45, 7) is 4.00. The van der Waals surface area contributed by atoms with Crippen LogP contribution < -0.4 is 10.1 Å². The topological polar surface area (TPSA) is 38.3 Å². The van der Waals surface area contributed by atoms with Gasteiger partial charge in [0.15, 0.2) is 0 Å². The Morgan fingerprint density at radius 3 is 3.00 bits per heavy atom. The van der Waals surface area contributed by atoms with Crippen molar-refractivity contribution in [3.05, 3.63) is 45.6 Å². The molecule has 3 rings (SSSR count). The molecule has 1 aromatic carbocycles. The molecule has 1 atom stereocenters. The lowest BCUT2D eigenvalue weighted by Gasteiger charge is -2.06. The number of fused-ring (bicyclic) bond motifs is 1. The lowest BCUT2D eigenvalue weighted by molar-refractivity contribution is 0.103. The van der Waals surface area contributed by atoms with Gasteiger partial charge in [0.05, 0.1) is 4.88 Å². The fourth-order valence-electron chi connectivity index (χ4n) is 2.29. The number of aryl methyl sites for hydroxylation is 1. The van der Waals surface area contributed by atoms with Crippen molar-refractivity contribution in [2.45, 2.75) is 26.4 Å². The molecule has 1 aliphatic rings. The van der Waals surface area contributed by atoms with Crippen molar-refractivity contribution < 1.29 is 9.53 Å². The molecule has 19 heavy (non-hydrogen) atoms. The quantitative estimate of drug-likeness (QED) is 0.907. The van der Waals surface area contributed by atoms with E-state index in [4.69, 9.17) is 4.74 Å². The number of hydrogen-bond donors (Lipinski definition) is 1. The van der Waals surface area contributed by atoms with Gasteiger partial charge in [-0.2, -0.15) is 0 Å². The van der Waals surface area contributed by atoms with Crippen LogP contribution in [0.15, 0.2) is 29.6 Å².